The SMILES string of the molecule is [CH2-]c1c(Cl)cccc1C#N.[Zn+][Br]. The van der Waals surface area contributed by atoms with Crippen molar-refractivity contribution in [3.63, 3.8) is 0 Å². The van der Waals surface area contributed by atoms with Gasteiger partial charge in [0.25, 0.3) is 0 Å². The normalized spacial score (nSPS) is 7.92. The van der Waals surface area contributed by atoms with Crippen LogP contribution in [0.1, 0.15) is 11.1 Å². The Labute approximate surface area is 93.8 Å². The van der Waals surface area contributed by atoms with Gasteiger partial charge in [-0.05, 0) is 5.56 Å². The van der Waals surface area contributed by atoms with Gasteiger partial charge in [0.15, 0.2) is 0 Å². The van der Waals surface area contributed by atoms with Gasteiger partial charge in [0.2, 0.25) is 0 Å². The summed E-state index contributed by atoms with van der Waals surface area (Å²) < 4.78 is 0. The molecule has 0 aromatic heterocycles. The molecule has 0 bridgehead atoms. The molecule has 4 heteroatoms. The zero-order valence-corrected chi connectivity index (χ0v) is 11.7. The van der Waals surface area contributed by atoms with Gasteiger partial charge in [-0.1, -0.05) is 11.1 Å². The molecule has 0 aliphatic heterocycles. The predicted molar refractivity (Wildman–Crippen MR) is 49.6 cm³/mol. The second kappa shape index (κ2) is 6.49. The Morgan fingerprint density at radius 3 is 2.50 bits per heavy atom. The Morgan fingerprint density at radius 2 is 2.08 bits per heavy atom. The Morgan fingerprint density at radius 1 is 1.50 bits per heavy atom. The summed E-state index contributed by atoms with van der Waals surface area (Å²) in [4.78, 5) is 0. The molecule has 1 rings (SSSR count). The second-order valence-electron chi connectivity index (χ2n) is 1.88. The number of nitrogens with zero attached hydrogens (tertiary/aromatic N) is 1. The fourth-order valence-electron chi connectivity index (χ4n) is 0.663. The Kier molecular flexibility index (Phi) is 6.47. The molecule has 0 fully saturated rings. The molecular weight excluding hydrogens is 291 g/mol. The topological polar surface area (TPSA) is 23.8 Å². The van der Waals surface area contributed by atoms with Crippen molar-refractivity contribution >= 4 is 25.2 Å². The van der Waals surface area contributed by atoms with Crippen molar-refractivity contribution in [2.24, 2.45) is 0 Å². The first-order valence-electron chi connectivity index (χ1n) is 3.03. The molecule has 0 radical (unpaired) electrons. The van der Waals surface area contributed by atoms with Gasteiger partial charge in [-0.3, -0.25) is 0 Å². The van der Waals surface area contributed by atoms with E-state index < -0.39 is 0 Å². The summed E-state index contributed by atoms with van der Waals surface area (Å²) in [6, 6.07) is 7.12. The van der Waals surface area contributed by atoms with Gasteiger partial charge in [-0.25, -0.2) is 5.26 Å². The van der Waals surface area contributed by atoms with Crippen LogP contribution in [-0.2, 0) is 16.3 Å². The van der Waals surface area contributed by atoms with Crippen molar-refractivity contribution < 1.29 is 16.3 Å². The second-order valence-corrected chi connectivity index (χ2v) is 2.28. The molecule has 1 nitrogen and oxygen atoms in total. The van der Waals surface area contributed by atoms with Gasteiger partial charge in [0.1, 0.15) is 0 Å². The molecule has 0 spiro atoms. The van der Waals surface area contributed by atoms with Crippen LogP contribution in [0.2, 0.25) is 5.02 Å². The number of hydrogen-bond acceptors (Lipinski definition) is 1. The molecule has 1 aromatic carbocycles. The van der Waals surface area contributed by atoms with Crippen LogP contribution in [0.4, 0.5) is 0 Å². The van der Waals surface area contributed by atoms with Crippen molar-refractivity contribution in [1.29, 1.82) is 5.26 Å². The van der Waals surface area contributed by atoms with E-state index in [9.17, 15) is 0 Å². The van der Waals surface area contributed by atoms with Crippen molar-refractivity contribution in [2.75, 3.05) is 0 Å². The number of nitriles is 1. The van der Waals surface area contributed by atoms with E-state index in [2.05, 4.69) is 20.5 Å². The molecular formula is C8H5BrClNZn. The zero-order valence-electron chi connectivity index (χ0n) is 6.35. The van der Waals surface area contributed by atoms with Crippen LogP contribution in [0.3, 0.4) is 0 Å². The van der Waals surface area contributed by atoms with E-state index in [1.165, 1.54) is 16.3 Å². The third kappa shape index (κ3) is 3.15. The summed E-state index contributed by atoms with van der Waals surface area (Å²) in [7, 11) is 0. The van der Waals surface area contributed by atoms with E-state index >= 15 is 0 Å². The predicted octanol–water partition coefficient (Wildman–Crippen LogP) is 3.24. The summed E-state index contributed by atoms with van der Waals surface area (Å²) >= 11 is 9.93. The number of halogens is 2. The molecule has 12 heavy (non-hydrogen) atoms. The van der Waals surface area contributed by atoms with Crippen LogP contribution in [-0.4, -0.2) is 0 Å². The summed E-state index contributed by atoms with van der Waals surface area (Å²) in [5.41, 5.74) is 1.14. The van der Waals surface area contributed by atoms with Crippen molar-refractivity contribution in [3.8, 4) is 6.07 Å². The van der Waals surface area contributed by atoms with Crippen LogP contribution in [0.25, 0.3) is 0 Å². The van der Waals surface area contributed by atoms with E-state index in [4.69, 9.17) is 16.9 Å². The van der Waals surface area contributed by atoms with Crippen molar-refractivity contribution in [2.45, 2.75) is 0 Å². The molecule has 0 amide bonds. The molecule has 0 saturated carbocycles. The van der Waals surface area contributed by atoms with Gasteiger partial charge >= 0.3 is 30.0 Å². The average molecular weight is 296 g/mol. The fraction of sp³-hybridized carbons (Fsp3) is 0. The first-order chi connectivity index (χ1) is 5.75. The molecule has 1 aromatic rings. The number of hydrogen-bond donors (Lipinski definition) is 0. The summed E-state index contributed by atoms with van der Waals surface area (Å²) in [6.07, 6.45) is 0. The first-order valence-corrected chi connectivity index (χ1v) is 10.4. The number of rotatable bonds is 0. The Bertz CT molecular complexity index is 296. The maximum atomic E-state index is 8.49. The van der Waals surface area contributed by atoms with Gasteiger partial charge in [-0.2, -0.15) is 24.1 Å². The number of benzene rings is 1. The average Bonchev–Trinajstić information content (AvgIpc) is 2.13. The third-order valence-corrected chi connectivity index (χ3v) is 1.59. The van der Waals surface area contributed by atoms with E-state index in [1.807, 2.05) is 6.07 Å². The molecule has 0 heterocycles. The van der Waals surface area contributed by atoms with Crippen LogP contribution >= 0.6 is 25.2 Å². The van der Waals surface area contributed by atoms with E-state index in [0.717, 1.165) is 0 Å². The minimum absolute atomic E-state index is 0.535. The monoisotopic (exact) mass is 293 g/mol. The van der Waals surface area contributed by atoms with Gasteiger partial charge in [0.05, 0.1) is 0 Å². The summed E-state index contributed by atoms with van der Waals surface area (Å²) in [5, 5.41) is 9.04. The van der Waals surface area contributed by atoms with Gasteiger partial charge < -0.3 is 0 Å². The fourth-order valence-corrected chi connectivity index (χ4v) is 0.838. The third-order valence-electron chi connectivity index (χ3n) is 1.24. The van der Waals surface area contributed by atoms with Crippen molar-refractivity contribution in [1.82, 2.24) is 0 Å². The molecule has 0 N–H and O–H groups in total. The minimum atomic E-state index is 0.535. The van der Waals surface area contributed by atoms with E-state index in [1.54, 1.807) is 18.2 Å². The van der Waals surface area contributed by atoms with Crippen molar-refractivity contribution in [3.05, 3.63) is 41.3 Å². The quantitative estimate of drug-likeness (QED) is 0.532. The Hall–Kier alpha value is -0.0266. The van der Waals surface area contributed by atoms with Crippen LogP contribution in [0.15, 0.2) is 18.2 Å². The summed E-state index contributed by atoms with van der Waals surface area (Å²) in [6.45, 7) is 3.64. The molecule has 0 aliphatic carbocycles. The van der Waals surface area contributed by atoms with Crippen LogP contribution in [0, 0.1) is 18.3 Å². The molecule has 58 valence electrons. The maximum absolute atomic E-state index is 8.49. The van der Waals surface area contributed by atoms with Crippen LogP contribution in [0.5, 0.6) is 0 Å². The molecule has 0 aliphatic rings. The molecule has 0 unspecified atom stereocenters. The van der Waals surface area contributed by atoms with Gasteiger partial charge in [-0.15, -0.1) is 12.1 Å². The zero-order chi connectivity index (χ0) is 9.56. The van der Waals surface area contributed by atoms with E-state index in [-0.39, 0.29) is 0 Å². The first kappa shape index (κ1) is 12.0. The van der Waals surface area contributed by atoms with Gasteiger partial charge in [0, 0.05) is 6.07 Å². The molecule has 0 saturated heterocycles. The summed E-state index contributed by atoms with van der Waals surface area (Å²) in [5.74, 6) is 0. The Balaban J connectivity index is 0.000000561. The standard InChI is InChI=1S/C8H5ClN.BrH.Zn/c1-6-7(5-10)3-2-4-8(6)9;;/h2-4H,1H2;1H;/q-1;;+2/p-1. The van der Waals surface area contributed by atoms with E-state index in [0.29, 0.717) is 16.1 Å². The van der Waals surface area contributed by atoms with Crippen LogP contribution < -0.4 is 0 Å². The molecule has 0 atom stereocenters.